The van der Waals surface area contributed by atoms with Crippen molar-refractivity contribution in [3.05, 3.63) is 0 Å². The number of hydrogen-bond donors (Lipinski definition) is 0. The van der Waals surface area contributed by atoms with E-state index in [4.69, 9.17) is 0 Å². The molecule has 0 aromatic carbocycles. The van der Waals surface area contributed by atoms with Crippen LogP contribution in [0.25, 0.3) is 0 Å². The molecule has 0 bridgehead atoms. The first-order chi connectivity index (χ1) is 4.33. The van der Waals surface area contributed by atoms with Crippen LogP contribution in [-0.2, 0) is 0 Å². The molecule has 10 heavy (non-hydrogen) atoms. The number of hydrogen-bond acceptors (Lipinski definition) is 0. The monoisotopic (exact) mass is 266 g/mol. The SMILES string of the molecule is CC(C)[C@@H](I)CC(F)(F)F. The zero-order valence-corrected chi connectivity index (χ0v) is 8.03. The highest BCUT2D eigenvalue weighted by Crippen LogP contribution is 2.28. The van der Waals surface area contributed by atoms with Gasteiger partial charge in [-0.3, -0.25) is 0 Å². The van der Waals surface area contributed by atoms with Crippen LogP contribution in [0.2, 0.25) is 0 Å². The minimum Gasteiger partial charge on any atom is -0.171 e. The molecule has 0 N–H and O–H groups in total. The van der Waals surface area contributed by atoms with Gasteiger partial charge in [0.2, 0.25) is 0 Å². The van der Waals surface area contributed by atoms with Gasteiger partial charge in [0.15, 0.2) is 0 Å². The lowest BCUT2D eigenvalue weighted by Crippen LogP contribution is -2.18. The van der Waals surface area contributed by atoms with Crippen LogP contribution in [0.1, 0.15) is 20.3 Å². The zero-order valence-electron chi connectivity index (χ0n) is 5.87. The predicted octanol–water partition coefficient (Wildman–Crippen LogP) is 3.40. The fraction of sp³-hybridized carbons (Fsp3) is 1.00. The van der Waals surface area contributed by atoms with Gasteiger partial charge in [-0.05, 0) is 5.92 Å². The van der Waals surface area contributed by atoms with Crippen LogP contribution in [0.15, 0.2) is 0 Å². The molecule has 4 heteroatoms. The van der Waals surface area contributed by atoms with Crippen molar-refractivity contribution < 1.29 is 13.2 Å². The van der Waals surface area contributed by atoms with E-state index >= 15 is 0 Å². The minimum absolute atomic E-state index is 0.0993. The third-order valence-corrected chi connectivity index (χ3v) is 3.03. The first kappa shape index (κ1) is 10.5. The Morgan fingerprint density at radius 3 is 1.80 bits per heavy atom. The van der Waals surface area contributed by atoms with E-state index in [1.165, 1.54) is 0 Å². The largest absolute Gasteiger partial charge is 0.390 e. The zero-order chi connectivity index (χ0) is 8.36. The van der Waals surface area contributed by atoms with Crippen molar-refractivity contribution in [2.75, 3.05) is 0 Å². The Hall–Kier alpha value is 0.520. The van der Waals surface area contributed by atoms with E-state index in [1.807, 2.05) is 22.6 Å². The first-order valence-electron chi connectivity index (χ1n) is 3.04. The van der Waals surface area contributed by atoms with Gasteiger partial charge < -0.3 is 0 Å². The highest BCUT2D eigenvalue weighted by Gasteiger charge is 2.31. The van der Waals surface area contributed by atoms with Crippen LogP contribution in [0, 0.1) is 5.92 Å². The first-order valence-corrected chi connectivity index (χ1v) is 4.28. The molecule has 0 fully saturated rings. The molecule has 0 aromatic rings. The van der Waals surface area contributed by atoms with E-state index in [9.17, 15) is 13.2 Å². The second-order valence-electron chi connectivity index (χ2n) is 2.58. The van der Waals surface area contributed by atoms with Crippen LogP contribution >= 0.6 is 22.6 Å². The Morgan fingerprint density at radius 2 is 1.70 bits per heavy atom. The van der Waals surface area contributed by atoms with Gasteiger partial charge in [0.05, 0.1) is 6.42 Å². The Balaban J connectivity index is 3.68. The number of halogens is 4. The van der Waals surface area contributed by atoms with Gasteiger partial charge in [0.1, 0.15) is 0 Å². The Labute approximate surface area is 72.3 Å². The van der Waals surface area contributed by atoms with E-state index in [-0.39, 0.29) is 9.84 Å². The normalized spacial score (nSPS) is 15.9. The molecule has 0 amide bonds. The van der Waals surface area contributed by atoms with E-state index < -0.39 is 12.6 Å². The van der Waals surface area contributed by atoms with Gasteiger partial charge in [0, 0.05) is 3.92 Å². The number of alkyl halides is 4. The van der Waals surface area contributed by atoms with Gasteiger partial charge in [-0.15, -0.1) is 0 Å². The third kappa shape index (κ3) is 5.32. The minimum atomic E-state index is -4.00. The molecular weight excluding hydrogens is 256 g/mol. The van der Waals surface area contributed by atoms with Crippen molar-refractivity contribution in [2.24, 2.45) is 5.92 Å². The van der Waals surface area contributed by atoms with Crippen molar-refractivity contribution in [1.29, 1.82) is 0 Å². The van der Waals surface area contributed by atoms with Crippen LogP contribution in [-0.4, -0.2) is 10.1 Å². The molecule has 1 atom stereocenters. The molecule has 0 radical (unpaired) electrons. The quantitative estimate of drug-likeness (QED) is 0.530. The second kappa shape index (κ2) is 3.78. The molecule has 0 rings (SSSR count). The summed E-state index contributed by atoms with van der Waals surface area (Å²) in [6, 6.07) is 0. The molecule has 0 aliphatic rings. The van der Waals surface area contributed by atoms with Gasteiger partial charge >= 0.3 is 6.18 Å². The summed E-state index contributed by atoms with van der Waals surface area (Å²) in [6.07, 6.45) is -4.68. The summed E-state index contributed by atoms with van der Waals surface area (Å²) >= 11 is 1.84. The molecule has 0 aromatic heterocycles. The van der Waals surface area contributed by atoms with Crippen molar-refractivity contribution >= 4 is 22.6 Å². The van der Waals surface area contributed by atoms with E-state index in [0.717, 1.165) is 0 Å². The average molecular weight is 266 g/mol. The molecular formula is C6H10F3I. The van der Waals surface area contributed by atoms with Crippen LogP contribution in [0.5, 0.6) is 0 Å². The van der Waals surface area contributed by atoms with Crippen LogP contribution in [0.4, 0.5) is 13.2 Å². The molecule has 0 unspecified atom stereocenters. The van der Waals surface area contributed by atoms with Crippen molar-refractivity contribution in [3.8, 4) is 0 Å². The fourth-order valence-electron chi connectivity index (χ4n) is 0.457. The molecule has 0 saturated heterocycles. The number of rotatable bonds is 2. The lowest BCUT2D eigenvalue weighted by Gasteiger charge is -2.15. The van der Waals surface area contributed by atoms with E-state index in [0.29, 0.717) is 0 Å². The van der Waals surface area contributed by atoms with Crippen molar-refractivity contribution in [2.45, 2.75) is 30.4 Å². The van der Waals surface area contributed by atoms with Gasteiger partial charge in [0.25, 0.3) is 0 Å². The Morgan fingerprint density at radius 1 is 1.30 bits per heavy atom. The summed E-state index contributed by atoms with van der Waals surface area (Å²) < 4.78 is 34.7. The summed E-state index contributed by atoms with van der Waals surface area (Å²) in [7, 11) is 0. The maximum atomic E-state index is 11.7. The highest BCUT2D eigenvalue weighted by molar-refractivity contribution is 14.1. The van der Waals surface area contributed by atoms with Crippen LogP contribution in [0.3, 0.4) is 0 Å². The van der Waals surface area contributed by atoms with Crippen molar-refractivity contribution in [3.63, 3.8) is 0 Å². The third-order valence-electron chi connectivity index (χ3n) is 1.15. The lowest BCUT2D eigenvalue weighted by atomic mass is 10.1. The Bertz CT molecular complexity index is 97.7. The smallest absolute Gasteiger partial charge is 0.171 e. The van der Waals surface area contributed by atoms with Crippen molar-refractivity contribution in [1.82, 2.24) is 0 Å². The maximum Gasteiger partial charge on any atom is 0.390 e. The molecule has 0 aliphatic carbocycles. The van der Waals surface area contributed by atoms with Gasteiger partial charge in [-0.1, -0.05) is 36.4 Å². The predicted molar refractivity (Wildman–Crippen MR) is 43.3 cm³/mol. The fourth-order valence-corrected chi connectivity index (χ4v) is 0.956. The Kier molecular flexibility index (Phi) is 3.98. The van der Waals surface area contributed by atoms with Gasteiger partial charge in [-0.2, -0.15) is 13.2 Å². The summed E-state index contributed by atoms with van der Waals surface area (Å²) in [5.41, 5.74) is 0. The summed E-state index contributed by atoms with van der Waals surface area (Å²) in [5.74, 6) is 0.0993. The summed E-state index contributed by atoms with van der Waals surface area (Å²) in [5, 5.41) is 0. The van der Waals surface area contributed by atoms with E-state index in [2.05, 4.69) is 0 Å². The lowest BCUT2D eigenvalue weighted by molar-refractivity contribution is -0.134. The van der Waals surface area contributed by atoms with Crippen LogP contribution < -0.4 is 0 Å². The second-order valence-corrected chi connectivity index (χ2v) is 4.18. The molecule has 0 aliphatic heterocycles. The summed E-state index contributed by atoms with van der Waals surface area (Å²) in [4.78, 5) is 0. The molecule has 62 valence electrons. The molecule has 0 nitrogen and oxygen atoms in total. The highest BCUT2D eigenvalue weighted by atomic mass is 127. The summed E-state index contributed by atoms with van der Waals surface area (Å²) in [6.45, 7) is 3.59. The standard InChI is InChI=1S/C6H10F3I/c1-4(2)5(10)3-6(7,8)9/h4-5H,3H2,1-2H3/t5-/m0/s1. The molecule has 0 heterocycles. The molecule has 0 spiro atoms. The molecule has 0 saturated carbocycles. The van der Waals surface area contributed by atoms with E-state index in [1.54, 1.807) is 13.8 Å². The van der Waals surface area contributed by atoms with Gasteiger partial charge in [-0.25, -0.2) is 0 Å². The average Bonchev–Trinajstić information content (AvgIpc) is 1.60. The topological polar surface area (TPSA) is 0 Å². The maximum absolute atomic E-state index is 11.7.